The zero-order valence-corrected chi connectivity index (χ0v) is 16.1. The lowest BCUT2D eigenvalue weighted by Crippen LogP contribution is -2.21. The fraction of sp³-hybridized carbons (Fsp3) is 0.389. The molecule has 0 radical (unpaired) electrons. The number of hydrogen-bond acceptors (Lipinski definition) is 7. The number of carbonyl (C=O) groups excluding carboxylic acids is 3. The number of benzene rings is 1. The smallest absolute Gasteiger partial charge is 0.306 e. The Morgan fingerprint density at radius 1 is 1.07 bits per heavy atom. The minimum absolute atomic E-state index is 0.0569. The van der Waals surface area contributed by atoms with Crippen molar-refractivity contribution in [3.8, 4) is 0 Å². The maximum absolute atomic E-state index is 11.9. The van der Waals surface area contributed by atoms with Crippen LogP contribution in [0.25, 0.3) is 0 Å². The van der Waals surface area contributed by atoms with Gasteiger partial charge in [-0.3, -0.25) is 14.4 Å². The first-order chi connectivity index (χ1) is 13.0. The van der Waals surface area contributed by atoms with Gasteiger partial charge in [-0.2, -0.15) is 0 Å². The van der Waals surface area contributed by atoms with Crippen LogP contribution in [0.2, 0.25) is 0 Å². The van der Waals surface area contributed by atoms with E-state index in [0.29, 0.717) is 17.2 Å². The second kappa shape index (κ2) is 10.4. The molecule has 27 heavy (non-hydrogen) atoms. The number of hydrogen-bond donors (Lipinski definition) is 2. The van der Waals surface area contributed by atoms with Gasteiger partial charge in [0.15, 0.2) is 6.61 Å². The molecule has 0 aliphatic carbocycles. The lowest BCUT2D eigenvalue weighted by Gasteiger charge is -2.10. The highest BCUT2D eigenvalue weighted by Gasteiger charge is 2.11. The average molecular weight is 390 g/mol. The van der Waals surface area contributed by atoms with Crippen molar-refractivity contribution >= 4 is 39.9 Å². The van der Waals surface area contributed by atoms with Crippen LogP contribution in [-0.2, 0) is 25.5 Å². The Labute approximate surface area is 161 Å². The number of aryl methyl sites for hydroxylation is 2. The number of aromatic nitrogens is 2. The first-order valence-electron chi connectivity index (χ1n) is 8.61. The van der Waals surface area contributed by atoms with Gasteiger partial charge >= 0.3 is 5.97 Å². The zero-order chi connectivity index (χ0) is 19.6. The predicted octanol–water partition coefficient (Wildman–Crippen LogP) is 2.70. The highest BCUT2D eigenvalue weighted by molar-refractivity contribution is 7.15. The molecule has 0 saturated heterocycles. The van der Waals surface area contributed by atoms with Gasteiger partial charge in [-0.15, -0.1) is 10.2 Å². The molecule has 1 aromatic carbocycles. The molecule has 0 saturated carbocycles. The van der Waals surface area contributed by atoms with Gasteiger partial charge in [-0.25, -0.2) is 0 Å². The third kappa shape index (κ3) is 7.14. The van der Waals surface area contributed by atoms with Crippen molar-refractivity contribution < 1.29 is 19.1 Å². The number of nitrogens with zero attached hydrogens (tertiary/aromatic N) is 2. The van der Waals surface area contributed by atoms with Crippen LogP contribution in [0, 0.1) is 6.92 Å². The summed E-state index contributed by atoms with van der Waals surface area (Å²) in [6, 6.07) is 7.46. The van der Waals surface area contributed by atoms with E-state index >= 15 is 0 Å². The second-order valence-corrected chi connectivity index (χ2v) is 6.93. The maximum Gasteiger partial charge on any atom is 0.306 e. The van der Waals surface area contributed by atoms with E-state index in [1.54, 1.807) is 13.0 Å². The molecule has 0 unspecified atom stereocenters. The van der Waals surface area contributed by atoms with Crippen molar-refractivity contribution in [1.82, 2.24) is 10.2 Å². The summed E-state index contributed by atoms with van der Waals surface area (Å²) in [4.78, 5) is 35.4. The lowest BCUT2D eigenvalue weighted by molar-refractivity contribution is -0.147. The van der Waals surface area contributed by atoms with Gasteiger partial charge in [0.05, 0.1) is 0 Å². The highest BCUT2D eigenvalue weighted by atomic mass is 32.1. The van der Waals surface area contributed by atoms with Crippen LogP contribution in [-0.4, -0.2) is 34.6 Å². The monoisotopic (exact) mass is 390 g/mol. The molecule has 9 heteroatoms. The van der Waals surface area contributed by atoms with Crippen LogP contribution in [0.4, 0.5) is 10.8 Å². The van der Waals surface area contributed by atoms with E-state index < -0.39 is 11.9 Å². The Morgan fingerprint density at radius 2 is 1.85 bits per heavy atom. The van der Waals surface area contributed by atoms with E-state index in [-0.39, 0.29) is 25.4 Å². The van der Waals surface area contributed by atoms with Crippen LogP contribution >= 0.6 is 11.3 Å². The van der Waals surface area contributed by atoms with Crippen LogP contribution in [0.1, 0.15) is 36.8 Å². The molecule has 1 aromatic heterocycles. The van der Waals surface area contributed by atoms with E-state index in [1.807, 2.05) is 25.1 Å². The largest absolute Gasteiger partial charge is 0.456 e. The van der Waals surface area contributed by atoms with Crippen molar-refractivity contribution in [3.05, 3.63) is 34.8 Å². The van der Waals surface area contributed by atoms with Crippen LogP contribution < -0.4 is 10.6 Å². The van der Waals surface area contributed by atoms with Crippen LogP contribution in [0.3, 0.4) is 0 Å². The maximum atomic E-state index is 11.9. The molecule has 2 rings (SSSR count). The second-order valence-electron chi connectivity index (χ2n) is 5.75. The van der Waals surface area contributed by atoms with Crippen molar-refractivity contribution in [2.24, 2.45) is 0 Å². The van der Waals surface area contributed by atoms with Gasteiger partial charge in [0.1, 0.15) is 5.01 Å². The van der Waals surface area contributed by atoms with Gasteiger partial charge in [-0.1, -0.05) is 36.5 Å². The number of ether oxygens (including phenoxy) is 1. The number of esters is 1. The Kier molecular flexibility index (Phi) is 7.87. The van der Waals surface area contributed by atoms with E-state index in [9.17, 15) is 14.4 Å². The van der Waals surface area contributed by atoms with Gasteiger partial charge in [-0.05, 0) is 31.4 Å². The molecule has 2 N–H and O–H groups in total. The summed E-state index contributed by atoms with van der Waals surface area (Å²) in [6.07, 6.45) is 1.32. The Bertz CT molecular complexity index is 806. The summed E-state index contributed by atoms with van der Waals surface area (Å²) in [7, 11) is 0. The van der Waals surface area contributed by atoms with E-state index in [0.717, 1.165) is 17.0 Å². The van der Waals surface area contributed by atoms with Crippen LogP contribution in [0.15, 0.2) is 24.3 Å². The van der Waals surface area contributed by atoms with Crippen molar-refractivity contribution in [2.75, 3.05) is 17.2 Å². The molecular weight excluding hydrogens is 368 g/mol. The molecule has 8 nitrogen and oxygen atoms in total. The number of carbonyl (C=O) groups is 3. The minimum atomic E-state index is -0.520. The Hall–Kier alpha value is -2.81. The number of anilines is 2. The van der Waals surface area contributed by atoms with Gasteiger partial charge < -0.3 is 15.4 Å². The molecule has 144 valence electrons. The lowest BCUT2D eigenvalue weighted by atomic mass is 10.1. The zero-order valence-electron chi connectivity index (χ0n) is 15.3. The molecule has 0 fully saturated rings. The topological polar surface area (TPSA) is 110 Å². The number of rotatable bonds is 9. The fourth-order valence-electron chi connectivity index (χ4n) is 2.28. The molecular formula is C18H22N4O4S. The van der Waals surface area contributed by atoms with Crippen molar-refractivity contribution in [2.45, 2.75) is 39.5 Å². The molecule has 0 spiro atoms. The summed E-state index contributed by atoms with van der Waals surface area (Å²) < 4.78 is 4.95. The summed E-state index contributed by atoms with van der Waals surface area (Å²) in [5.41, 5.74) is 1.72. The molecule has 2 aromatic rings. The van der Waals surface area contributed by atoms with E-state index in [2.05, 4.69) is 20.8 Å². The number of para-hydroxylation sites is 1. The SMILES string of the molecule is CCc1ccccc1NC(=O)COC(=O)CCCC(=O)Nc1nnc(C)s1. The van der Waals surface area contributed by atoms with Gasteiger partial charge in [0, 0.05) is 18.5 Å². The molecule has 1 heterocycles. The minimum Gasteiger partial charge on any atom is -0.456 e. The van der Waals surface area contributed by atoms with E-state index in [4.69, 9.17) is 4.74 Å². The predicted molar refractivity (Wildman–Crippen MR) is 103 cm³/mol. The average Bonchev–Trinajstić information content (AvgIpc) is 3.05. The summed E-state index contributed by atoms with van der Waals surface area (Å²) in [5.74, 6) is -1.16. The number of nitrogens with one attached hydrogen (secondary N) is 2. The van der Waals surface area contributed by atoms with Gasteiger partial charge in [0.2, 0.25) is 11.0 Å². The number of amides is 2. The first-order valence-corrected chi connectivity index (χ1v) is 9.43. The van der Waals surface area contributed by atoms with Crippen molar-refractivity contribution in [3.63, 3.8) is 0 Å². The molecule has 0 atom stereocenters. The fourth-order valence-corrected chi connectivity index (χ4v) is 2.89. The standard InChI is InChI=1S/C18H22N4O4S/c1-3-13-7-4-5-8-14(13)19-16(24)11-26-17(25)10-6-9-15(23)20-18-22-21-12(2)27-18/h4-5,7-8H,3,6,9-11H2,1-2H3,(H,19,24)(H,20,22,23). The molecule has 0 aliphatic heterocycles. The van der Waals surface area contributed by atoms with Gasteiger partial charge in [0.25, 0.3) is 5.91 Å². The highest BCUT2D eigenvalue weighted by Crippen LogP contribution is 2.15. The summed E-state index contributed by atoms with van der Waals surface area (Å²) in [6.45, 7) is 3.43. The van der Waals surface area contributed by atoms with Crippen LogP contribution in [0.5, 0.6) is 0 Å². The Balaban J connectivity index is 1.64. The molecule has 0 aliphatic rings. The molecule has 2 amide bonds. The third-order valence-corrected chi connectivity index (χ3v) is 4.35. The first kappa shape index (κ1) is 20.5. The summed E-state index contributed by atoms with van der Waals surface area (Å²) in [5, 5.41) is 14.1. The quantitative estimate of drug-likeness (QED) is 0.637. The molecule has 0 bridgehead atoms. The van der Waals surface area contributed by atoms with E-state index in [1.165, 1.54) is 11.3 Å². The summed E-state index contributed by atoms with van der Waals surface area (Å²) >= 11 is 1.28. The Morgan fingerprint density at radius 3 is 2.56 bits per heavy atom. The van der Waals surface area contributed by atoms with Crippen molar-refractivity contribution in [1.29, 1.82) is 0 Å². The third-order valence-electron chi connectivity index (χ3n) is 3.59. The normalized spacial score (nSPS) is 10.3.